The quantitative estimate of drug-likeness (QED) is 0.695. The van der Waals surface area contributed by atoms with Crippen LogP contribution in [0.25, 0.3) is 10.1 Å². The monoisotopic (exact) mass is 412 g/mol. The zero-order valence-electron chi connectivity index (χ0n) is 17.4. The molecule has 1 aliphatic heterocycles. The number of morpholine rings is 1. The van der Waals surface area contributed by atoms with Crippen LogP contribution in [0.1, 0.15) is 46.4 Å². The highest BCUT2D eigenvalue weighted by Crippen LogP contribution is 2.38. The summed E-state index contributed by atoms with van der Waals surface area (Å²) in [5.74, 6) is -0.0139. The van der Waals surface area contributed by atoms with Crippen LogP contribution in [0.2, 0.25) is 0 Å². The summed E-state index contributed by atoms with van der Waals surface area (Å²) in [5.41, 5.74) is 3.32. The number of rotatable bonds is 5. The summed E-state index contributed by atoms with van der Waals surface area (Å²) in [6.07, 6.45) is 1.96. The minimum Gasteiger partial charge on any atom is -0.371 e. The van der Waals surface area contributed by atoms with E-state index in [1.807, 2.05) is 44.6 Å². The zero-order chi connectivity index (χ0) is 20.5. The fraction of sp³-hybridized carbons (Fsp3) is 0.455. The van der Waals surface area contributed by atoms with Gasteiger partial charge in [0.05, 0.1) is 23.3 Å². The van der Waals surface area contributed by atoms with Crippen LogP contribution in [0.3, 0.4) is 0 Å². The summed E-state index contributed by atoms with van der Waals surface area (Å²) >= 11 is 1.55. The number of carbonyl (C=O) groups is 1. The molecule has 6 nitrogen and oxygen atoms in total. The summed E-state index contributed by atoms with van der Waals surface area (Å²) < 4.78 is 9.18. The average molecular weight is 413 g/mol. The molecule has 1 saturated heterocycles. The van der Waals surface area contributed by atoms with Crippen LogP contribution in [0.15, 0.2) is 30.5 Å². The predicted octanol–water partition coefficient (Wildman–Crippen LogP) is 3.65. The third-order valence-corrected chi connectivity index (χ3v) is 6.43. The molecule has 29 heavy (non-hydrogen) atoms. The number of fused-ring (bicyclic) bond motifs is 1. The maximum atomic E-state index is 12.9. The first-order chi connectivity index (χ1) is 13.9. The van der Waals surface area contributed by atoms with E-state index in [0.29, 0.717) is 6.61 Å². The van der Waals surface area contributed by atoms with Crippen molar-refractivity contribution >= 4 is 27.3 Å². The summed E-state index contributed by atoms with van der Waals surface area (Å²) in [4.78, 5) is 16.1. The van der Waals surface area contributed by atoms with Gasteiger partial charge < -0.3 is 10.1 Å². The van der Waals surface area contributed by atoms with Crippen molar-refractivity contribution in [2.45, 2.75) is 39.5 Å². The normalized spacial score (nSPS) is 17.9. The van der Waals surface area contributed by atoms with Crippen molar-refractivity contribution in [3.8, 4) is 0 Å². The number of carbonyl (C=O) groups excluding carboxylic acids is 1. The molecule has 1 N–H and O–H groups in total. The molecule has 7 heteroatoms. The number of ether oxygens (including phenoxy) is 1. The first-order valence-electron chi connectivity index (χ1n) is 10.1. The van der Waals surface area contributed by atoms with Gasteiger partial charge >= 0.3 is 0 Å². The molecule has 0 spiro atoms. The molecule has 154 valence electrons. The van der Waals surface area contributed by atoms with Crippen molar-refractivity contribution in [3.05, 3.63) is 52.2 Å². The van der Waals surface area contributed by atoms with E-state index >= 15 is 0 Å². The molecule has 0 saturated carbocycles. The standard InChI is InChI=1S/C22H28N4O2S/c1-14(2)23-22(27)21-20(17-7-5-6-8-19(17)29-21)18-13-26(9-10-28-18)12-16-11-25(4)24-15(16)3/h5-8,11,14,18H,9-10,12-13H2,1-4H3,(H,23,27)/t18-/m0/s1. The first kappa shape index (κ1) is 20.1. The van der Waals surface area contributed by atoms with E-state index < -0.39 is 0 Å². The summed E-state index contributed by atoms with van der Waals surface area (Å²) in [6.45, 7) is 9.15. The van der Waals surface area contributed by atoms with Crippen LogP contribution < -0.4 is 5.32 Å². The molecule has 0 radical (unpaired) electrons. The number of aromatic nitrogens is 2. The van der Waals surface area contributed by atoms with E-state index in [2.05, 4.69) is 33.6 Å². The fourth-order valence-electron chi connectivity index (χ4n) is 3.95. The number of benzene rings is 1. The Kier molecular flexibility index (Phi) is 5.72. The van der Waals surface area contributed by atoms with Gasteiger partial charge in [-0.1, -0.05) is 18.2 Å². The fourth-order valence-corrected chi connectivity index (χ4v) is 5.10. The third kappa shape index (κ3) is 4.22. The average Bonchev–Trinajstić information content (AvgIpc) is 3.21. The summed E-state index contributed by atoms with van der Waals surface area (Å²) in [7, 11) is 1.95. The lowest BCUT2D eigenvalue weighted by molar-refractivity contribution is -0.0323. The van der Waals surface area contributed by atoms with Crippen molar-refractivity contribution in [2.75, 3.05) is 19.7 Å². The second-order valence-corrected chi connectivity index (χ2v) is 9.03. The second kappa shape index (κ2) is 8.26. The molecule has 4 rings (SSSR count). The predicted molar refractivity (Wildman–Crippen MR) is 116 cm³/mol. The second-order valence-electron chi connectivity index (χ2n) is 7.98. The van der Waals surface area contributed by atoms with Crippen molar-refractivity contribution in [1.29, 1.82) is 0 Å². The van der Waals surface area contributed by atoms with Gasteiger partial charge in [-0.05, 0) is 32.2 Å². The number of hydrogen-bond donors (Lipinski definition) is 1. The lowest BCUT2D eigenvalue weighted by atomic mass is 10.0. The molecule has 1 fully saturated rings. The Morgan fingerprint density at radius 2 is 2.17 bits per heavy atom. The smallest absolute Gasteiger partial charge is 0.261 e. The molecule has 0 unspecified atom stereocenters. The van der Waals surface area contributed by atoms with E-state index in [1.54, 1.807) is 11.3 Å². The minimum atomic E-state index is -0.121. The Morgan fingerprint density at radius 3 is 2.90 bits per heavy atom. The lowest BCUT2D eigenvalue weighted by Crippen LogP contribution is -2.38. The van der Waals surface area contributed by atoms with E-state index in [4.69, 9.17) is 4.74 Å². The van der Waals surface area contributed by atoms with Gasteiger partial charge in [-0.2, -0.15) is 5.10 Å². The number of nitrogens with zero attached hydrogens (tertiary/aromatic N) is 3. The number of thiophene rings is 1. The number of hydrogen-bond acceptors (Lipinski definition) is 5. The van der Waals surface area contributed by atoms with Crippen molar-refractivity contribution in [2.24, 2.45) is 7.05 Å². The molecular formula is C22H28N4O2S. The highest BCUT2D eigenvalue weighted by molar-refractivity contribution is 7.21. The third-order valence-electron chi connectivity index (χ3n) is 5.24. The minimum absolute atomic E-state index is 0.0139. The van der Waals surface area contributed by atoms with Crippen LogP contribution in [-0.4, -0.2) is 46.3 Å². The molecule has 3 aromatic rings. The molecule has 1 atom stereocenters. The SMILES string of the molecule is Cc1nn(C)cc1CN1CCO[C@H](c2c(C(=O)NC(C)C)sc3ccccc23)C1. The highest BCUT2D eigenvalue weighted by Gasteiger charge is 2.30. The molecule has 1 aliphatic rings. The molecule has 0 aliphatic carbocycles. The number of amides is 1. The highest BCUT2D eigenvalue weighted by atomic mass is 32.1. The molecular weight excluding hydrogens is 384 g/mol. The van der Waals surface area contributed by atoms with Gasteiger partial charge in [-0.3, -0.25) is 14.4 Å². The van der Waals surface area contributed by atoms with Crippen molar-refractivity contribution in [1.82, 2.24) is 20.0 Å². The van der Waals surface area contributed by atoms with Gasteiger partial charge in [0.25, 0.3) is 5.91 Å². The van der Waals surface area contributed by atoms with Crippen molar-refractivity contribution < 1.29 is 9.53 Å². The van der Waals surface area contributed by atoms with Crippen LogP contribution in [0.4, 0.5) is 0 Å². The number of aryl methyl sites for hydroxylation is 2. The van der Waals surface area contributed by atoms with Crippen LogP contribution in [0.5, 0.6) is 0 Å². The van der Waals surface area contributed by atoms with Crippen molar-refractivity contribution in [3.63, 3.8) is 0 Å². The Morgan fingerprint density at radius 1 is 1.38 bits per heavy atom. The van der Waals surface area contributed by atoms with E-state index in [9.17, 15) is 4.79 Å². The lowest BCUT2D eigenvalue weighted by Gasteiger charge is -2.33. The molecule has 1 amide bonds. The summed E-state index contributed by atoms with van der Waals surface area (Å²) in [6, 6.07) is 8.32. The molecule has 1 aromatic carbocycles. The van der Waals surface area contributed by atoms with Crippen LogP contribution in [0, 0.1) is 6.92 Å². The van der Waals surface area contributed by atoms with Gasteiger partial charge in [-0.25, -0.2) is 0 Å². The number of nitrogens with one attached hydrogen (secondary N) is 1. The van der Waals surface area contributed by atoms with E-state index in [0.717, 1.165) is 45.9 Å². The van der Waals surface area contributed by atoms with Crippen LogP contribution in [-0.2, 0) is 18.3 Å². The maximum Gasteiger partial charge on any atom is 0.261 e. The molecule has 0 bridgehead atoms. The summed E-state index contributed by atoms with van der Waals surface area (Å²) in [5, 5.41) is 8.63. The Hall–Kier alpha value is -2.22. The topological polar surface area (TPSA) is 59.4 Å². The largest absolute Gasteiger partial charge is 0.371 e. The van der Waals surface area contributed by atoms with E-state index in [-0.39, 0.29) is 18.1 Å². The maximum absolute atomic E-state index is 12.9. The van der Waals surface area contributed by atoms with Crippen LogP contribution >= 0.6 is 11.3 Å². The van der Waals surface area contributed by atoms with Gasteiger partial charge in [-0.15, -0.1) is 11.3 Å². The van der Waals surface area contributed by atoms with Gasteiger partial charge in [0.15, 0.2) is 0 Å². The Bertz CT molecular complexity index is 1020. The van der Waals surface area contributed by atoms with Gasteiger partial charge in [0, 0.05) is 54.7 Å². The zero-order valence-corrected chi connectivity index (χ0v) is 18.3. The molecule has 2 aromatic heterocycles. The molecule has 3 heterocycles. The Balaban J connectivity index is 1.64. The Labute approximate surface area is 175 Å². The van der Waals surface area contributed by atoms with E-state index in [1.165, 1.54) is 5.56 Å². The van der Waals surface area contributed by atoms with Gasteiger partial charge in [0.1, 0.15) is 0 Å². The first-order valence-corrected chi connectivity index (χ1v) is 10.9. The van der Waals surface area contributed by atoms with Gasteiger partial charge in [0.2, 0.25) is 0 Å².